The standard InChI is InChI=1S/C13H19N3S2/c1-3-16(9-12-5-4-8-17-12)13-15-11(10-18-13)6-7-14-2/h4-5,8,10,14H,3,6-7,9H2,1-2H3. The van der Waals surface area contributed by atoms with E-state index in [-0.39, 0.29) is 0 Å². The van der Waals surface area contributed by atoms with Gasteiger partial charge in [0.1, 0.15) is 0 Å². The molecule has 0 aliphatic carbocycles. The van der Waals surface area contributed by atoms with Crippen LogP contribution in [0, 0.1) is 0 Å². The van der Waals surface area contributed by atoms with E-state index >= 15 is 0 Å². The number of aromatic nitrogens is 1. The lowest BCUT2D eigenvalue weighted by atomic mass is 10.3. The van der Waals surface area contributed by atoms with E-state index in [1.54, 1.807) is 11.3 Å². The van der Waals surface area contributed by atoms with E-state index in [4.69, 9.17) is 4.98 Å². The van der Waals surface area contributed by atoms with E-state index in [9.17, 15) is 0 Å². The lowest BCUT2D eigenvalue weighted by Gasteiger charge is -2.18. The second-order valence-electron chi connectivity index (χ2n) is 4.07. The van der Waals surface area contributed by atoms with E-state index in [0.717, 1.165) is 31.2 Å². The van der Waals surface area contributed by atoms with Crippen LogP contribution in [0.1, 0.15) is 17.5 Å². The Morgan fingerprint density at radius 1 is 1.39 bits per heavy atom. The van der Waals surface area contributed by atoms with Gasteiger partial charge >= 0.3 is 0 Å². The zero-order chi connectivity index (χ0) is 12.8. The number of nitrogens with zero attached hydrogens (tertiary/aromatic N) is 2. The minimum atomic E-state index is 0.965. The van der Waals surface area contributed by atoms with Crippen molar-refractivity contribution in [3.63, 3.8) is 0 Å². The lowest BCUT2D eigenvalue weighted by Crippen LogP contribution is -2.21. The van der Waals surface area contributed by atoms with Crippen molar-refractivity contribution in [1.82, 2.24) is 10.3 Å². The van der Waals surface area contributed by atoms with Crippen LogP contribution in [0.15, 0.2) is 22.9 Å². The highest BCUT2D eigenvalue weighted by molar-refractivity contribution is 7.13. The Balaban J connectivity index is 2.00. The molecule has 2 rings (SSSR count). The van der Waals surface area contributed by atoms with E-state index in [1.807, 2.05) is 18.4 Å². The molecule has 0 spiro atoms. The van der Waals surface area contributed by atoms with Crippen molar-refractivity contribution in [3.05, 3.63) is 33.5 Å². The highest BCUT2D eigenvalue weighted by atomic mass is 32.1. The second-order valence-corrected chi connectivity index (χ2v) is 5.94. The van der Waals surface area contributed by atoms with Gasteiger partial charge in [-0.3, -0.25) is 0 Å². The summed E-state index contributed by atoms with van der Waals surface area (Å²) in [5.74, 6) is 0. The monoisotopic (exact) mass is 281 g/mol. The summed E-state index contributed by atoms with van der Waals surface area (Å²) in [4.78, 5) is 8.43. The fraction of sp³-hybridized carbons (Fsp3) is 0.462. The summed E-state index contributed by atoms with van der Waals surface area (Å²) < 4.78 is 0. The summed E-state index contributed by atoms with van der Waals surface area (Å²) >= 11 is 3.55. The van der Waals surface area contributed by atoms with Gasteiger partial charge in [-0.05, 0) is 25.4 Å². The first kappa shape index (κ1) is 13.5. The summed E-state index contributed by atoms with van der Waals surface area (Å²) in [6.45, 7) is 5.13. The molecule has 0 unspecified atom stereocenters. The van der Waals surface area contributed by atoms with Crippen LogP contribution in [0.25, 0.3) is 0 Å². The fourth-order valence-electron chi connectivity index (χ4n) is 1.71. The van der Waals surface area contributed by atoms with Gasteiger partial charge in [-0.15, -0.1) is 22.7 Å². The van der Waals surface area contributed by atoms with Crippen LogP contribution in [0.3, 0.4) is 0 Å². The lowest BCUT2D eigenvalue weighted by molar-refractivity contribution is 0.774. The quantitative estimate of drug-likeness (QED) is 0.845. The topological polar surface area (TPSA) is 28.2 Å². The molecule has 0 aromatic carbocycles. The summed E-state index contributed by atoms with van der Waals surface area (Å²) in [6.07, 6.45) is 1.00. The van der Waals surface area contributed by atoms with Crippen molar-refractivity contribution in [3.8, 4) is 0 Å². The molecule has 2 aromatic rings. The van der Waals surface area contributed by atoms with Crippen molar-refractivity contribution in [1.29, 1.82) is 0 Å². The smallest absolute Gasteiger partial charge is 0.185 e. The van der Waals surface area contributed by atoms with Crippen molar-refractivity contribution in [2.45, 2.75) is 19.9 Å². The van der Waals surface area contributed by atoms with Crippen LogP contribution < -0.4 is 10.2 Å². The molecule has 0 saturated carbocycles. The van der Waals surface area contributed by atoms with Gasteiger partial charge in [0.05, 0.1) is 12.2 Å². The maximum atomic E-state index is 4.71. The molecule has 0 aliphatic rings. The molecule has 0 amide bonds. The average Bonchev–Trinajstić information content (AvgIpc) is 3.04. The first-order chi connectivity index (χ1) is 8.83. The molecule has 0 aliphatic heterocycles. The number of rotatable bonds is 7. The van der Waals surface area contributed by atoms with Crippen LogP contribution in [-0.4, -0.2) is 25.1 Å². The number of hydrogen-bond acceptors (Lipinski definition) is 5. The molecule has 18 heavy (non-hydrogen) atoms. The van der Waals surface area contributed by atoms with Crippen LogP contribution in [0.5, 0.6) is 0 Å². The predicted molar refractivity (Wildman–Crippen MR) is 80.8 cm³/mol. The number of thiophene rings is 1. The minimum Gasteiger partial charge on any atom is -0.343 e. The predicted octanol–water partition coefficient (Wildman–Crippen LogP) is 2.99. The SMILES string of the molecule is CCN(Cc1cccs1)c1nc(CCNC)cs1. The Kier molecular flexibility index (Phi) is 5.16. The zero-order valence-corrected chi connectivity index (χ0v) is 12.5. The molecule has 5 heteroatoms. The molecule has 0 bridgehead atoms. The van der Waals surface area contributed by atoms with Crippen molar-refractivity contribution < 1.29 is 0 Å². The van der Waals surface area contributed by atoms with Gasteiger partial charge in [0, 0.05) is 29.8 Å². The van der Waals surface area contributed by atoms with Gasteiger partial charge < -0.3 is 10.2 Å². The maximum absolute atomic E-state index is 4.71. The van der Waals surface area contributed by atoms with Crippen LogP contribution in [0.4, 0.5) is 5.13 Å². The molecule has 98 valence electrons. The summed E-state index contributed by atoms with van der Waals surface area (Å²) in [6, 6.07) is 4.29. The molecule has 0 atom stereocenters. The minimum absolute atomic E-state index is 0.965. The Morgan fingerprint density at radius 2 is 2.28 bits per heavy atom. The Morgan fingerprint density at radius 3 is 2.94 bits per heavy atom. The number of hydrogen-bond donors (Lipinski definition) is 1. The molecule has 0 radical (unpaired) electrons. The van der Waals surface area contributed by atoms with Gasteiger partial charge in [-0.1, -0.05) is 6.07 Å². The van der Waals surface area contributed by atoms with E-state index in [1.165, 1.54) is 10.6 Å². The molecule has 1 N–H and O–H groups in total. The zero-order valence-electron chi connectivity index (χ0n) is 10.8. The third kappa shape index (κ3) is 3.54. The Labute approximate surface area is 116 Å². The van der Waals surface area contributed by atoms with Gasteiger partial charge in [0.15, 0.2) is 5.13 Å². The second kappa shape index (κ2) is 6.87. The number of nitrogens with one attached hydrogen (secondary N) is 1. The van der Waals surface area contributed by atoms with Crippen molar-refractivity contribution in [2.75, 3.05) is 25.0 Å². The van der Waals surface area contributed by atoms with E-state index in [0.29, 0.717) is 0 Å². The van der Waals surface area contributed by atoms with Crippen molar-refractivity contribution >= 4 is 27.8 Å². The average molecular weight is 281 g/mol. The first-order valence-electron chi connectivity index (χ1n) is 6.19. The fourth-order valence-corrected chi connectivity index (χ4v) is 3.36. The third-order valence-electron chi connectivity index (χ3n) is 2.75. The van der Waals surface area contributed by atoms with Crippen LogP contribution >= 0.6 is 22.7 Å². The molecular formula is C13H19N3S2. The number of thiazole rings is 1. The van der Waals surface area contributed by atoms with Gasteiger partial charge in [0.25, 0.3) is 0 Å². The molecule has 0 saturated heterocycles. The molecule has 2 heterocycles. The Hall–Kier alpha value is -0.910. The first-order valence-corrected chi connectivity index (χ1v) is 7.95. The third-order valence-corrected chi connectivity index (χ3v) is 4.56. The summed E-state index contributed by atoms with van der Waals surface area (Å²) in [5, 5.41) is 8.59. The maximum Gasteiger partial charge on any atom is 0.185 e. The largest absolute Gasteiger partial charge is 0.343 e. The number of anilines is 1. The normalized spacial score (nSPS) is 10.8. The Bertz CT molecular complexity index is 451. The van der Waals surface area contributed by atoms with Crippen molar-refractivity contribution in [2.24, 2.45) is 0 Å². The van der Waals surface area contributed by atoms with Gasteiger partial charge in [-0.2, -0.15) is 0 Å². The van der Waals surface area contributed by atoms with Gasteiger partial charge in [-0.25, -0.2) is 4.98 Å². The highest BCUT2D eigenvalue weighted by Crippen LogP contribution is 2.23. The van der Waals surface area contributed by atoms with Gasteiger partial charge in [0.2, 0.25) is 0 Å². The van der Waals surface area contributed by atoms with Crippen LogP contribution in [0.2, 0.25) is 0 Å². The van der Waals surface area contributed by atoms with E-state index < -0.39 is 0 Å². The molecule has 2 aromatic heterocycles. The highest BCUT2D eigenvalue weighted by Gasteiger charge is 2.10. The summed E-state index contributed by atoms with van der Waals surface area (Å²) in [7, 11) is 1.97. The molecule has 3 nitrogen and oxygen atoms in total. The summed E-state index contributed by atoms with van der Waals surface area (Å²) in [5.41, 5.74) is 1.19. The number of likely N-dealkylation sites (N-methyl/N-ethyl adjacent to an activating group) is 1. The molecular weight excluding hydrogens is 262 g/mol. The molecule has 0 fully saturated rings. The van der Waals surface area contributed by atoms with E-state index in [2.05, 4.69) is 40.0 Å². The van der Waals surface area contributed by atoms with Crippen LogP contribution in [-0.2, 0) is 13.0 Å².